The lowest BCUT2D eigenvalue weighted by molar-refractivity contribution is 0.0610. The highest BCUT2D eigenvalue weighted by molar-refractivity contribution is 5.41. The van der Waals surface area contributed by atoms with Crippen LogP contribution >= 0.6 is 0 Å². The molecule has 0 bridgehead atoms. The summed E-state index contributed by atoms with van der Waals surface area (Å²) in [6.45, 7) is 0. The molecule has 1 aliphatic rings. The summed E-state index contributed by atoms with van der Waals surface area (Å²) >= 11 is 0. The van der Waals surface area contributed by atoms with E-state index >= 15 is 0 Å². The van der Waals surface area contributed by atoms with Gasteiger partial charge in [-0.05, 0) is 36.5 Å². The quantitative estimate of drug-likeness (QED) is 0.791. The Hall–Kier alpha value is -1.54. The molecule has 0 radical (unpaired) electrons. The molecule has 1 unspecified atom stereocenters. The number of rotatable bonds is 1. The Bertz CT molecular complexity index is 487. The van der Waals surface area contributed by atoms with E-state index in [-0.39, 0.29) is 0 Å². The van der Waals surface area contributed by atoms with E-state index in [0.717, 1.165) is 30.4 Å². The summed E-state index contributed by atoms with van der Waals surface area (Å²) in [5.41, 5.74) is 2.28. The SMILES string of the molecule is OC1(c2ccoc2)CCCc2ccccc21. The molecule has 2 nitrogen and oxygen atoms in total. The van der Waals surface area contributed by atoms with E-state index in [2.05, 4.69) is 6.07 Å². The summed E-state index contributed by atoms with van der Waals surface area (Å²) in [4.78, 5) is 0. The van der Waals surface area contributed by atoms with E-state index in [0.29, 0.717) is 0 Å². The summed E-state index contributed by atoms with van der Waals surface area (Å²) in [5, 5.41) is 10.8. The lowest BCUT2D eigenvalue weighted by atomic mass is 9.76. The van der Waals surface area contributed by atoms with Gasteiger partial charge >= 0.3 is 0 Å². The highest BCUT2D eigenvalue weighted by Gasteiger charge is 2.36. The molecule has 1 aromatic carbocycles. The number of furan rings is 1. The lowest BCUT2D eigenvalue weighted by Crippen LogP contribution is -2.31. The molecule has 3 rings (SSSR count). The van der Waals surface area contributed by atoms with Crippen molar-refractivity contribution >= 4 is 0 Å². The monoisotopic (exact) mass is 214 g/mol. The summed E-state index contributed by atoms with van der Waals surface area (Å²) in [7, 11) is 0. The third kappa shape index (κ3) is 1.30. The van der Waals surface area contributed by atoms with Crippen LogP contribution in [0.15, 0.2) is 47.3 Å². The zero-order chi connectivity index (χ0) is 11.0. The van der Waals surface area contributed by atoms with Gasteiger partial charge in [0.1, 0.15) is 5.60 Å². The minimum atomic E-state index is -0.859. The number of aliphatic hydroxyl groups is 1. The van der Waals surface area contributed by atoms with Crippen molar-refractivity contribution in [2.24, 2.45) is 0 Å². The standard InChI is InChI=1S/C14H14O2/c15-14(12-7-9-16-10-12)8-3-5-11-4-1-2-6-13(11)14/h1-2,4,6-7,9-10,15H,3,5,8H2. The number of hydrogen-bond acceptors (Lipinski definition) is 2. The van der Waals surface area contributed by atoms with Gasteiger partial charge in [0.15, 0.2) is 0 Å². The van der Waals surface area contributed by atoms with Crippen LogP contribution < -0.4 is 0 Å². The van der Waals surface area contributed by atoms with Crippen LogP contribution in [-0.4, -0.2) is 5.11 Å². The maximum Gasteiger partial charge on any atom is 0.118 e. The first-order chi connectivity index (χ1) is 7.81. The molecule has 1 aromatic heterocycles. The molecule has 82 valence electrons. The van der Waals surface area contributed by atoms with E-state index in [1.165, 1.54) is 5.56 Å². The van der Waals surface area contributed by atoms with Crippen LogP contribution in [0.4, 0.5) is 0 Å². The minimum absolute atomic E-state index is 0.767. The van der Waals surface area contributed by atoms with Crippen molar-refractivity contribution in [1.29, 1.82) is 0 Å². The molecule has 2 heteroatoms. The number of aryl methyl sites for hydroxylation is 1. The van der Waals surface area contributed by atoms with Gasteiger partial charge in [0, 0.05) is 5.56 Å². The van der Waals surface area contributed by atoms with Crippen molar-refractivity contribution in [3.05, 3.63) is 59.5 Å². The van der Waals surface area contributed by atoms with Crippen molar-refractivity contribution in [1.82, 2.24) is 0 Å². The van der Waals surface area contributed by atoms with Crippen LogP contribution in [0.3, 0.4) is 0 Å². The normalized spacial score (nSPS) is 24.1. The van der Waals surface area contributed by atoms with Crippen molar-refractivity contribution in [2.75, 3.05) is 0 Å². The van der Waals surface area contributed by atoms with E-state index < -0.39 is 5.60 Å². The summed E-state index contributed by atoms with van der Waals surface area (Å²) < 4.78 is 5.09. The van der Waals surface area contributed by atoms with Gasteiger partial charge in [0.2, 0.25) is 0 Å². The van der Waals surface area contributed by atoms with Crippen LogP contribution in [0.1, 0.15) is 29.5 Å². The third-order valence-corrected chi connectivity index (χ3v) is 3.45. The molecule has 0 saturated heterocycles. The molecule has 1 aliphatic carbocycles. The minimum Gasteiger partial charge on any atom is -0.472 e. The van der Waals surface area contributed by atoms with Gasteiger partial charge in [-0.1, -0.05) is 24.3 Å². The van der Waals surface area contributed by atoms with E-state index in [9.17, 15) is 5.11 Å². The summed E-state index contributed by atoms with van der Waals surface area (Å²) in [6, 6.07) is 9.97. The lowest BCUT2D eigenvalue weighted by Gasteiger charge is -2.33. The fraction of sp³-hybridized carbons (Fsp3) is 0.286. The second kappa shape index (κ2) is 3.49. The van der Waals surface area contributed by atoms with Crippen LogP contribution in [0.5, 0.6) is 0 Å². The zero-order valence-electron chi connectivity index (χ0n) is 9.02. The van der Waals surface area contributed by atoms with Crippen LogP contribution in [-0.2, 0) is 12.0 Å². The molecule has 2 aromatic rings. The molecule has 1 N–H and O–H groups in total. The van der Waals surface area contributed by atoms with Gasteiger partial charge in [-0.3, -0.25) is 0 Å². The summed E-state index contributed by atoms with van der Waals surface area (Å²) in [5.74, 6) is 0. The Labute approximate surface area is 94.5 Å². The van der Waals surface area contributed by atoms with E-state index in [1.54, 1.807) is 12.5 Å². The number of benzene rings is 1. The zero-order valence-corrected chi connectivity index (χ0v) is 9.02. The summed E-state index contributed by atoms with van der Waals surface area (Å²) in [6.07, 6.45) is 6.09. The average molecular weight is 214 g/mol. The second-order valence-electron chi connectivity index (χ2n) is 4.38. The average Bonchev–Trinajstić information content (AvgIpc) is 2.84. The van der Waals surface area contributed by atoms with Gasteiger partial charge in [0.25, 0.3) is 0 Å². The van der Waals surface area contributed by atoms with Gasteiger partial charge in [0.05, 0.1) is 12.5 Å². The predicted molar refractivity (Wildman–Crippen MR) is 61.1 cm³/mol. The second-order valence-corrected chi connectivity index (χ2v) is 4.38. The molecule has 16 heavy (non-hydrogen) atoms. The number of fused-ring (bicyclic) bond motifs is 1. The molecular formula is C14H14O2. The molecule has 0 saturated carbocycles. The van der Waals surface area contributed by atoms with Gasteiger partial charge in [-0.25, -0.2) is 0 Å². The van der Waals surface area contributed by atoms with Gasteiger partial charge in [-0.2, -0.15) is 0 Å². The fourth-order valence-corrected chi connectivity index (χ4v) is 2.61. The Morgan fingerprint density at radius 2 is 2.06 bits per heavy atom. The smallest absolute Gasteiger partial charge is 0.118 e. The molecule has 0 amide bonds. The van der Waals surface area contributed by atoms with Crippen molar-refractivity contribution in [3.63, 3.8) is 0 Å². The molecule has 0 aliphatic heterocycles. The highest BCUT2D eigenvalue weighted by Crippen LogP contribution is 2.40. The van der Waals surface area contributed by atoms with Crippen LogP contribution in [0, 0.1) is 0 Å². The molecule has 1 atom stereocenters. The molecule has 1 heterocycles. The highest BCUT2D eigenvalue weighted by atomic mass is 16.3. The molecule has 0 fully saturated rings. The van der Waals surface area contributed by atoms with Crippen LogP contribution in [0.25, 0.3) is 0 Å². The van der Waals surface area contributed by atoms with Gasteiger partial charge < -0.3 is 9.52 Å². The fourth-order valence-electron chi connectivity index (χ4n) is 2.61. The van der Waals surface area contributed by atoms with E-state index in [1.807, 2.05) is 24.3 Å². The number of hydrogen-bond donors (Lipinski definition) is 1. The first-order valence-corrected chi connectivity index (χ1v) is 5.64. The Kier molecular flexibility index (Phi) is 2.11. The first-order valence-electron chi connectivity index (χ1n) is 5.64. The van der Waals surface area contributed by atoms with Crippen molar-refractivity contribution < 1.29 is 9.52 Å². The van der Waals surface area contributed by atoms with E-state index in [4.69, 9.17) is 4.42 Å². The first kappa shape index (κ1) is 9.67. The van der Waals surface area contributed by atoms with Crippen molar-refractivity contribution in [2.45, 2.75) is 24.9 Å². The Morgan fingerprint density at radius 3 is 2.88 bits per heavy atom. The van der Waals surface area contributed by atoms with Gasteiger partial charge in [-0.15, -0.1) is 0 Å². The Balaban J connectivity index is 2.17. The topological polar surface area (TPSA) is 33.4 Å². The largest absolute Gasteiger partial charge is 0.472 e. The predicted octanol–water partition coefficient (Wildman–Crippen LogP) is 2.85. The maximum absolute atomic E-state index is 10.8. The third-order valence-electron chi connectivity index (χ3n) is 3.45. The molecule has 0 spiro atoms. The Morgan fingerprint density at radius 1 is 1.19 bits per heavy atom. The maximum atomic E-state index is 10.8. The molecular weight excluding hydrogens is 200 g/mol. The van der Waals surface area contributed by atoms with Crippen molar-refractivity contribution in [3.8, 4) is 0 Å². The van der Waals surface area contributed by atoms with Crippen LogP contribution in [0.2, 0.25) is 0 Å².